The van der Waals surface area contributed by atoms with Crippen LogP contribution in [0.15, 0.2) is 52.6 Å². The predicted octanol–water partition coefficient (Wildman–Crippen LogP) is 3.93. The van der Waals surface area contributed by atoms with Crippen LogP contribution < -0.4 is 0 Å². The van der Waals surface area contributed by atoms with E-state index in [1.807, 2.05) is 32.9 Å². The Hall–Kier alpha value is -3.28. The molecule has 1 aromatic carbocycles. The standard InChI is InChI=1S/C28H29NO5/c1-13-7-6-8-16(24(13)31)21-15-9-10-17-22(27(34)29(26(17)33)28(3,4)5)18(15)12-19-23(21)20(30)11-14(2)25(19)32/h6-9,11,17-18,21-22,31H,10,12H2,1-5H3. The molecule has 0 aromatic heterocycles. The average molecular weight is 460 g/mol. The highest BCUT2D eigenvalue weighted by molar-refractivity contribution is 6.23. The summed E-state index contributed by atoms with van der Waals surface area (Å²) >= 11 is 0. The third kappa shape index (κ3) is 3.00. The molecule has 176 valence electrons. The highest BCUT2D eigenvalue weighted by Gasteiger charge is 2.58. The van der Waals surface area contributed by atoms with Gasteiger partial charge in [-0.25, -0.2) is 0 Å². The summed E-state index contributed by atoms with van der Waals surface area (Å²) in [4.78, 5) is 54.8. The van der Waals surface area contributed by atoms with Crippen molar-refractivity contribution in [2.45, 2.75) is 58.9 Å². The van der Waals surface area contributed by atoms with Gasteiger partial charge >= 0.3 is 0 Å². The number of rotatable bonds is 1. The number of fused-ring (bicyclic) bond motifs is 3. The van der Waals surface area contributed by atoms with Gasteiger partial charge in [0, 0.05) is 33.7 Å². The number of aromatic hydroxyl groups is 1. The number of phenolic OH excluding ortho intramolecular Hbond substituents is 1. The molecule has 4 atom stereocenters. The van der Waals surface area contributed by atoms with Crippen molar-refractivity contribution in [3.8, 4) is 5.75 Å². The largest absolute Gasteiger partial charge is 0.507 e. The molecule has 0 spiro atoms. The first-order valence-electron chi connectivity index (χ1n) is 11.8. The second-order valence-corrected chi connectivity index (χ2v) is 10.9. The smallest absolute Gasteiger partial charge is 0.234 e. The average Bonchev–Trinajstić information content (AvgIpc) is 3.03. The number of ketones is 2. The number of hydrogen-bond acceptors (Lipinski definition) is 5. The Kier molecular flexibility index (Phi) is 4.87. The Labute approximate surface area is 199 Å². The van der Waals surface area contributed by atoms with E-state index in [-0.39, 0.29) is 41.5 Å². The molecule has 34 heavy (non-hydrogen) atoms. The number of Topliss-reactive ketones (excluding diaryl/α,β-unsaturated/α-hetero) is 1. The lowest BCUT2D eigenvalue weighted by molar-refractivity contribution is -0.145. The minimum absolute atomic E-state index is 0.0830. The number of hydrogen-bond donors (Lipinski definition) is 1. The van der Waals surface area contributed by atoms with Gasteiger partial charge in [0.2, 0.25) is 11.8 Å². The molecule has 0 saturated carbocycles. The molecule has 1 aromatic rings. The van der Waals surface area contributed by atoms with Crippen LogP contribution in [0.1, 0.15) is 57.6 Å². The van der Waals surface area contributed by atoms with Gasteiger partial charge in [-0.05, 0) is 65.0 Å². The van der Waals surface area contributed by atoms with Gasteiger partial charge in [-0.1, -0.05) is 29.8 Å². The number of phenols is 1. The van der Waals surface area contributed by atoms with E-state index in [1.54, 1.807) is 26.0 Å². The van der Waals surface area contributed by atoms with Crippen LogP contribution in [0, 0.1) is 24.7 Å². The zero-order valence-corrected chi connectivity index (χ0v) is 20.1. The lowest BCUT2D eigenvalue weighted by Crippen LogP contribution is -2.46. The molecular formula is C28H29NO5. The first-order valence-corrected chi connectivity index (χ1v) is 11.8. The molecule has 2 amide bonds. The summed E-state index contributed by atoms with van der Waals surface area (Å²) in [6.45, 7) is 8.96. The van der Waals surface area contributed by atoms with Crippen molar-refractivity contribution in [2.75, 3.05) is 0 Å². The second-order valence-electron chi connectivity index (χ2n) is 10.9. The quantitative estimate of drug-likeness (QED) is 0.390. The van der Waals surface area contributed by atoms with Crippen molar-refractivity contribution in [2.24, 2.45) is 17.8 Å². The van der Waals surface area contributed by atoms with Gasteiger partial charge in [0.15, 0.2) is 11.6 Å². The van der Waals surface area contributed by atoms with Gasteiger partial charge in [-0.15, -0.1) is 0 Å². The number of para-hydroxylation sites is 1. The minimum Gasteiger partial charge on any atom is -0.507 e. The van der Waals surface area contributed by atoms with E-state index in [0.717, 1.165) is 5.57 Å². The molecule has 1 aliphatic heterocycles. The predicted molar refractivity (Wildman–Crippen MR) is 126 cm³/mol. The van der Waals surface area contributed by atoms with E-state index in [0.29, 0.717) is 34.3 Å². The van der Waals surface area contributed by atoms with E-state index >= 15 is 0 Å². The number of imide groups is 1. The SMILES string of the molecule is CC1=CC(=O)C2=C(CC3C(=CCC4C(=O)N(C(C)(C)C)C(=O)C43)C2c2cccc(C)c2O)C1=O. The van der Waals surface area contributed by atoms with Gasteiger partial charge in [0.05, 0.1) is 11.8 Å². The normalized spacial score (nSPS) is 29.0. The molecule has 6 nitrogen and oxygen atoms in total. The maximum atomic E-state index is 13.6. The van der Waals surface area contributed by atoms with Crippen LogP contribution in [0.5, 0.6) is 5.75 Å². The van der Waals surface area contributed by atoms with E-state index in [4.69, 9.17) is 0 Å². The number of likely N-dealkylation sites (tertiary alicyclic amines) is 1. The number of carbonyl (C=O) groups excluding carboxylic acids is 4. The fourth-order valence-electron chi connectivity index (χ4n) is 6.31. The lowest BCUT2D eigenvalue weighted by atomic mass is 9.59. The topological polar surface area (TPSA) is 91.8 Å². The minimum atomic E-state index is -0.644. The summed E-state index contributed by atoms with van der Waals surface area (Å²) in [6.07, 6.45) is 4.00. The van der Waals surface area contributed by atoms with Crippen LogP contribution >= 0.6 is 0 Å². The van der Waals surface area contributed by atoms with Gasteiger partial charge < -0.3 is 5.11 Å². The molecule has 3 aliphatic carbocycles. The third-order valence-corrected chi connectivity index (χ3v) is 7.81. The molecule has 4 unspecified atom stereocenters. The second kappa shape index (κ2) is 7.36. The molecular weight excluding hydrogens is 430 g/mol. The van der Waals surface area contributed by atoms with Crippen molar-refractivity contribution >= 4 is 23.4 Å². The first kappa shape index (κ1) is 22.5. The van der Waals surface area contributed by atoms with Gasteiger partial charge in [-0.3, -0.25) is 24.1 Å². The van der Waals surface area contributed by atoms with Crippen LogP contribution in [0.25, 0.3) is 0 Å². The Morgan fingerprint density at radius 3 is 2.38 bits per heavy atom. The fraction of sp³-hybridized carbons (Fsp3) is 0.429. The number of allylic oxidation sites excluding steroid dienone is 6. The Morgan fingerprint density at radius 1 is 1.00 bits per heavy atom. The van der Waals surface area contributed by atoms with E-state index in [1.165, 1.54) is 11.0 Å². The van der Waals surface area contributed by atoms with Gasteiger partial charge in [0.25, 0.3) is 0 Å². The summed E-state index contributed by atoms with van der Waals surface area (Å²) in [5.41, 5.74) is 2.61. The zero-order chi connectivity index (χ0) is 24.7. The van der Waals surface area contributed by atoms with E-state index in [2.05, 4.69) is 0 Å². The van der Waals surface area contributed by atoms with Crippen LogP contribution in [0.2, 0.25) is 0 Å². The van der Waals surface area contributed by atoms with Crippen LogP contribution in [-0.2, 0) is 19.2 Å². The Morgan fingerprint density at radius 2 is 1.71 bits per heavy atom. The number of amides is 2. The van der Waals surface area contributed by atoms with Crippen molar-refractivity contribution in [1.82, 2.24) is 4.90 Å². The summed E-state index contributed by atoms with van der Waals surface area (Å²) < 4.78 is 0. The highest BCUT2D eigenvalue weighted by Crippen LogP contribution is 2.56. The summed E-state index contributed by atoms with van der Waals surface area (Å²) in [5, 5.41) is 11.0. The molecule has 1 saturated heterocycles. The first-order chi connectivity index (χ1) is 15.9. The number of benzene rings is 1. The molecule has 1 heterocycles. The summed E-state index contributed by atoms with van der Waals surface area (Å²) in [5.74, 6) is -2.78. The van der Waals surface area contributed by atoms with Gasteiger partial charge in [-0.2, -0.15) is 0 Å². The molecule has 1 N–H and O–H groups in total. The van der Waals surface area contributed by atoms with Crippen LogP contribution in [-0.4, -0.2) is 38.9 Å². The molecule has 4 aliphatic rings. The molecule has 1 fully saturated rings. The Balaban J connectivity index is 1.71. The molecule has 0 bridgehead atoms. The number of aryl methyl sites for hydroxylation is 1. The summed E-state index contributed by atoms with van der Waals surface area (Å²) in [7, 11) is 0. The number of carbonyl (C=O) groups is 4. The van der Waals surface area contributed by atoms with Gasteiger partial charge in [0.1, 0.15) is 5.75 Å². The fourth-order valence-corrected chi connectivity index (χ4v) is 6.31. The molecule has 5 rings (SSSR count). The lowest BCUT2D eigenvalue weighted by Gasteiger charge is -2.42. The van der Waals surface area contributed by atoms with E-state index < -0.39 is 23.3 Å². The monoisotopic (exact) mass is 459 g/mol. The zero-order valence-electron chi connectivity index (χ0n) is 20.1. The van der Waals surface area contributed by atoms with Crippen molar-refractivity contribution in [1.29, 1.82) is 0 Å². The van der Waals surface area contributed by atoms with Crippen molar-refractivity contribution < 1.29 is 24.3 Å². The molecule has 0 radical (unpaired) electrons. The highest BCUT2D eigenvalue weighted by atomic mass is 16.3. The third-order valence-electron chi connectivity index (χ3n) is 7.81. The number of nitrogens with zero attached hydrogens (tertiary/aromatic N) is 1. The Bertz CT molecular complexity index is 1270. The van der Waals surface area contributed by atoms with Crippen LogP contribution in [0.4, 0.5) is 0 Å². The van der Waals surface area contributed by atoms with Crippen molar-refractivity contribution in [3.05, 3.63) is 63.8 Å². The molecule has 6 heteroatoms. The maximum absolute atomic E-state index is 13.6. The van der Waals surface area contributed by atoms with E-state index in [9.17, 15) is 24.3 Å². The van der Waals surface area contributed by atoms with Crippen molar-refractivity contribution in [3.63, 3.8) is 0 Å². The van der Waals surface area contributed by atoms with Crippen LogP contribution in [0.3, 0.4) is 0 Å². The maximum Gasteiger partial charge on any atom is 0.234 e. The summed E-state index contributed by atoms with van der Waals surface area (Å²) in [6, 6.07) is 5.39.